The molecule has 6 nitrogen and oxygen atoms in total. The normalized spacial score (nSPS) is 11.8. The van der Waals surface area contributed by atoms with Crippen LogP contribution in [0.4, 0.5) is 0 Å². The van der Waals surface area contributed by atoms with Gasteiger partial charge in [-0.1, -0.05) is 30.3 Å². The first-order chi connectivity index (χ1) is 10.9. The van der Waals surface area contributed by atoms with Gasteiger partial charge in [0.15, 0.2) is 0 Å². The molecule has 2 aromatic rings. The van der Waals surface area contributed by atoms with Crippen molar-refractivity contribution in [1.82, 2.24) is 14.1 Å². The lowest BCUT2D eigenvalue weighted by atomic mass is 10.2. The van der Waals surface area contributed by atoms with Crippen LogP contribution in [0, 0.1) is 11.3 Å². The zero-order chi connectivity index (χ0) is 17.0. The van der Waals surface area contributed by atoms with Crippen molar-refractivity contribution in [3.63, 3.8) is 0 Å². The second kappa shape index (κ2) is 6.94. The standard InChI is InChI=1S/C16H20N4O2S/c1-13(2)20-12-15(23(21,22)19(3)11-7-10-17)16(18-20)14-8-5-4-6-9-14/h4-6,8-9,12-13H,7,11H2,1-3H3. The van der Waals surface area contributed by atoms with E-state index in [9.17, 15) is 8.42 Å². The highest BCUT2D eigenvalue weighted by molar-refractivity contribution is 7.89. The Bertz CT molecular complexity index is 804. The minimum atomic E-state index is -3.70. The summed E-state index contributed by atoms with van der Waals surface area (Å²) < 4.78 is 28.5. The van der Waals surface area contributed by atoms with E-state index < -0.39 is 10.0 Å². The van der Waals surface area contributed by atoms with Gasteiger partial charge in [0.2, 0.25) is 10.0 Å². The molecule has 0 N–H and O–H groups in total. The maximum atomic E-state index is 12.8. The molecule has 0 fully saturated rings. The van der Waals surface area contributed by atoms with Gasteiger partial charge in [-0.2, -0.15) is 14.7 Å². The highest BCUT2D eigenvalue weighted by Gasteiger charge is 2.28. The summed E-state index contributed by atoms with van der Waals surface area (Å²) in [6.45, 7) is 4.04. The number of hydrogen-bond donors (Lipinski definition) is 0. The number of rotatable bonds is 6. The van der Waals surface area contributed by atoms with E-state index in [0.29, 0.717) is 5.69 Å². The molecule has 0 atom stereocenters. The molecule has 0 amide bonds. The summed E-state index contributed by atoms with van der Waals surface area (Å²) in [7, 11) is -2.22. The second-order valence-electron chi connectivity index (χ2n) is 5.52. The van der Waals surface area contributed by atoms with Crippen molar-refractivity contribution in [2.45, 2.75) is 31.2 Å². The van der Waals surface area contributed by atoms with Crippen LogP contribution in [0.3, 0.4) is 0 Å². The van der Waals surface area contributed by atoms with Gasteiger partial charge in [-0.3, -0.25) is 4.68 Å². The first kappa shape index (κ1) is 17.2. The van der Waals surface area contributed by atoms with Crippen molar-refractivity contribution in [2.24, 2.45) is 0 Å². The Balaban J connectivity index is 2.55. The fraction of sp³-hybridized carbons (Fsp3) is 0.375. The number of nitriles is 1. The Morgan fingerprint density at radius 1 is 1.30 bits per heavy atom. The molecule has 7 heteroatoms. The molecule has 2 rings (SSSR count). The lowest BCUT2D eigenvalue weighted by Gasteiger charge is -2.15. The van der Waals surface area contributed by atoms with Gasteiger partial charge in [-0.25, -0.2) is 8.42 Å². The van der Waals surface area contributed by atoms with Crippen LogP contribution >= 0.6 is 0 Å². The van der Waals surface area contributed by atoms with Gasteiger partial charge in [-0.05, 0) is 13.8 Å². The molecule has 0 saturated carbocycles. The Labute approximate surface area is 137 Å². The van der Waals surface area contributed by atoms with Gasteiger partial charge in [0.1, 0.15) is 10.6 Å². The summed E-state index contributed by atoms with van der Waals surface area (Å²) in [5.41, 5.74) is 1.18. The smallest absolute Gasteiger partial charge is 0.246 e. The molecule has 0 aliphatic heterocycles. The van der Waals surface area contributed by atoms with Crippen LogP contribution in [0.15, 0.2) is 41.4 Å². The monoisotopic (exact) mass is 332 g/mol. The number of sulfonamides is 1. The van der Waals surface area contributed by atoms with E-state index in [0.717, 1.165) is 5.56 Å². The Morgan fingerprint density at radius 3 is 2.52 bits per heavy atom. The van der Waals surface area contributed by atoms with Gasteiger partial charge in [0, 0.05) is 37.8 Å². The first-order valence-electron chi connectivity index (χ1n) is 7.35. The predicted octanol–water partition coefficient (Wildman–Crippen LogP) is 2.67. The van der Waals surface area contributed by atoms with Gasteiger partial charge in [-0.15, -0.1) is 0 Å². The SMILES string of the molecule is CC(C)n1cc(S(=O)(=O)N(C)CCC#N)c(-c2ccccc2)n1. The zero-order valence-electron chi connectivity index (χ0n) is 13.5. The summed E-state index contributed by atoms with van der Waals surface area (Å²) in [4.78, 5) is 0.165. The van der Waals surface area contributed by atoms with Crippen LogP contribution in [-0.2, 0) is 10.0 Å². The number of benzene rings is 1. The van der Waals surface area contributed by atoms with Crippen molar-refractivity contribution in [3.8, 4) is 17.3 Å². The molecule has 1 aromatic carbocycles. The first-order valence-corrected chi connectivity index (χ1v) is 8.79. The van der Waals surface area contributed by atoms with Gasteiger partial charge in [0.25, 0.3) is 0 Å². The largest absolute Gasteiger partial charge is 0.268 e. The third-order valence-electron chi connectivity index (χ3n) is 3.50. The molecule has 0 bridgehead atoms. The van der Waals surface area contributed by atoms with E-state index in [1.807, 2.05) is 50.2 Å². The maximum absolute atomic E-state index is 12.8. The Kier molecular flexibility index (Phi) is 5.19. The average molecular weight is 332 g/mol. The number of nitrogens with zero attached hydrogens (tertiary/aromatic N) is 4. The molecule has 0 spiro atoms. The van der Waals surface area contributed by atoms with Crippen LogP contribution in [0.1, 0.15) is 26.3 Å². The maximum Gasteiger partial charge on any atom is 0.246 e. The molecule has 23 heavy (non-hydrogen) atoms. The van der Waals surface area contributed by atoms with Gasteiger partial charge in [0.05, 0.1) is 6.07 Å². The third kappa shape index (κ3) is 3.60. The topological polar surface area (TPSA) is 79.0 Å². The van der Waals surface area contributed by atoms with Crippen LogP contribution in [0.25, 0.3) is 11.3 Å². The van der Waals surface area contributed by atoms with E-state index >= 15 is 0 Å². The van der Waals surface area contributed by atoms with E-state index in [1.54, 1.807) is 10.9 Å². The summed E-state index contributed by atoms with van der Waals surface area (Å²) in [6.07, 6.45) is 1.71. The summed E-state index contributed by atoms with van der Waals surface area (Å²) in [5, 5.41) is 13.1. The summed E-state index contributed by atoms with van der Waals surface area (Å²) in [5.74, 6) is 0. The molecule has 0 aliphatic carbocycles. The van der Waals surface area contributed by atoms with Crippen LogP contribution in [0.2, 0.25) is 0 Å². The molecular formula is C16H20N4O2S. The van der Waals surface area contributed by atoms with E-state index in [-0.39, 0.29) is 23.9 Å². The van der Waals surface area contributed by atoms with Crippen LogP contribution in [-0.4, -0.2) is 36.1 Å². The van der Waals surface area contributed by atoms with E-state index in [4.69, 9.17) is 5.26 Å². The minimum Gasteiger partial charge on any atom is -0.268 e. The van der Waals surface area contributed by atoms with Crippen molar-refractivity contribution in [1.29, 1.82) is 5.26 Å². The number of hydrogen-bond acceptors (Lipinski definition) is 4. The fourth-order valence-corrected chi connectivity index (χ4v) is 3.43. The molecule has 0 radical (unpaired) electrons. The van der Waals surface area contributed by atoms with Gasteiger partial charge < -0.3 is 0 Å². The number of aromatic nitrogens is 2. The van der Waals surface area contributed by atoms with Crippen LogP contribution < -0.4 is 0 Å². The van der Waals surface area contributed by atoms with E-state index in [1.165, 1.54) is 11.4 Å². The molecule has 0 saturated heterocycles. The van der Waals surface area contributed by atoms with Crippen molar-refractivity contribution < 1.29 is 8.42 Å². The van der Waals surface area contributed by atoms with E-state index in [2.05, 4.69) is 5.10 Å². The third-order valence-corrected chi connectivity index (χ3v) is 5.36. The van der Waals surface area contributed by atoms with Crippen molar-refractivity contribution in [2.75, 3.05) is 13.6 Å². The molecule has 0 unspecified atom stereocenters. The average Bonchev–Trinajstić information content (AvgIpc) is 2.99. The van der Waals surface area contributed by atoms with Crippen molar-refractivity contribution in [3.05, 3.63) is 36.5 Å². The molecule has 1 aromatic heterocycles. The lowest BCUT2D eigenvalue weighted by molar-refractivity contribution is 0.476. The molecular weight excluding hydrogens is 312 g/mol. The summed E-state index contributed by atoms with van der Waals surface area (Å²) in [6, 6.07) is 11.2. The van der Waals surface area contributed by atoms with Crippen molar-refractivity contribution >= 4 is 10.0 Å². The fourth-order valence-electron chi connectivity index (χ4n) is 2.12. The quantitative estimate of drug-likeness (QED) is 0.814. The molecule has 1 heterocycles. The Morgan fingerprint density at radius 2 is 1.96 bits per heavy atom. The summed E-state index contributed by atoms with van der Waals surface area (Å²) >= 11 is 0. The lowest BCUT2D eigenvalue weighted by Crippen LogP contribution is -2.28. The van der Waals surface area contributed by atoms with Gasteiger partial charge >= 0.3 is 0 Å². The Hall–Kier alpha value is -2.17. The molecule has 0 aliphatic rings. The highest BCUT2D eigenvalue weighted by Crippen LogP contribution is 2.29. The minimum absolute atomic E-state index is 0.0471. The predicted molar refractivity (Wildman–Crippen MR) is 88.1 cm³/mol. The molecule has 122 valence electrons. The zero-order valence-corrected chi connectivity index (χ0v) is 14.3. The second-order valence-corrected chi connectivity index (χ2v) is 7.53. The van der Waals surface area contributed by atoms with Crippen LogP contribution in [0.5, 0.6) is 0 Å². The highest BCUT2D eigenvalue weighted by atomic mass is 32.2.